The van der Waals surface area contributed by atoms with Gasteiger partial charge in [-0.05, 0) is 17.7 Å². The van der Waals surface area contributed by atoms with Crippen LogP contribution in [0.25, 0.3) is 0 Å². The Bertz CT molecular complexity index is 604. The zero-order valence-electron chi connectivity index (χ0n) is 9.55. The fourth-order valence-corrected chi connectivity index (χ4v) is 1.71. The summed E-state index contributed by atoms with van der Waals surface area (Å²) in [5, 5.41) is 11.4. The molecule has 0 N–H and O–H groups in total. The third kappa shape index (κ3) is 3.25. The summed E-state index contributed by atoms with van der Waals surface area (Å²) in [6.45, 7) is 0. The van der Waals surface area contributed by atoms with Crippen molar-refractivity contribution in [3.05, 3.63) is 58.0 Å². The van der Waals surface area contributed by atoms with E-state index < -0.39 is 16.4 Å². The van der Waals surface area contributed by atoms with Gasteiger partial charge in [0.25, 0.3) is 0 Å². The summed E-state index contributed by atoms with van der Waals surface area (Å²) in [5.74, 6) is -0.536. The van der Waals surface area contributed by atoms with Crippen molar-refractivity contribution < 1.29 is 14.1 Å². The van der Waals surface area contributed by atoms with Crippen LogP contribution in [-0.2, 0) is 5.33 Å². The van der Waals surface area contributed by atoms with Crippen LogP contribution >= 0.6 is 15.9 Å². The van der Waals surface area contributed by atoms with Gasteiger partial charge in [0.1, 0.15) is 5.82 Å². The first-order chi connectivity index (χ1) is 9.10. The van der Waals surface area contributed by atoms with Gasteiger partial charge < -0.3 is 4.74 Å². The normalized spacial score (nSPS) is 10.2. The number of nitro groups is 1. The molecule has 98 valence electrons. The molecular weight excluding hydrogens is 319 g/mol. The molecule has 0 fully saturated rings. The smallest absolute Gasteiger partial charge is 0.314 e. The molecule has 1 aromatic carbocycles. The molecule has 2 rings (SSSR count). The number of hydrogen-bond donors (Lipinski definition) is 0. The number of halogens is 2. The number of rotatable bonds is 4. The highest BCUT2D eigenvalue weighted by molar-refractivity contribution is 9.08. The number of aromatic nitrogens is 1. The summed E-state index contributed by atoms with van der Waals surface area (Å²) < 4.78 is 18.3. The molecule has 0 spiro atoms. The zero-order chi connectivity index (χ0) is 13.8. The van der Waals surface area contributed by atoms with Crippen molar-refractivity contribution in [1.82, 2.24) is 4.98 Å². The molecule has 19 heavy (non-hydrogen) atoms. The number of alkyl halides is 1. The summed E-state index contributed by atoms with van der Waals surface area (Å²) in [6, 6.07) is 6.46. The molecule has 0 aliphatic heterocycles. The number of ether oxygens (including phenoxy) is 1. The summed E-state index contributed by atoms with van der Waals surface area (Å²) in [7, 11) is 0. The second-order valence-electron chi connectivity index (χ2n) is 3.61. The van der Waals surface area contributed by atoms with E-state index in [1.807, 2.05) is 0 Å². The van der Waals surface area contributed by atoms with Gasteiger partial charge in [0.05, 0.1) is 11.0 Å². The lowest BCUT2D eigenvalue weighted by molar-refractivity contribution is -0.385. The molecule has 2 aromatic rings. The molecule has 1 heterocycles. The van der Waals surface area contributed by atoms with Crippen LogP contribution in [0.2, 0.25) is 0 Å². The summed E-state index contributed by atoms with van der Waals surface area (Å²) in [6.07, 6.45) is 1.58. The van der Waals surface area contributed by atoms with Crippen molar-refractivity contribution >= 4 is 21.6 Å². The highest BCUT2D eigenvalue weighted by atomic mass is 79.9. The zero-order valence-corrected chi connectivity index (χ0v) is 11.1. The van der Waals surface area contributed by atoms with E-state index in [9.17, 15) is 14.5 Å². The molecule has 5 nitrogen and oxygen atoms in total. The first-order valence-electron chi connectivity index (χ1n) is 5.23. The largest absolute Gasteiger partial charge is 0.432 e. The lowest BCUT2D eigenvalue weighted by Crippen LogP contribution is -1.95. The molecule has 1 aromatic heterocycles. The maximum absolute atomic E-state index is 13.0. The molecule has 0 amide bonds. The lowest BCUT2D eigenvalue weighted by atomic mass is 10.3. The molecule has 7 heteroatoms. The maximum atomic E-state index is 13.0. The molecule has 0 aliphatic rings. The standard InChI is InChI=1S/C12H8BrFN2O3/c13-6-8-1-4-12(15-7-8)19-11-3-2-9(14)5-10(11)16(17)18/h1-5,7H,6H2. The molecule has 0 atom stereocenters. The van der Waals surface area contributed by atoms with E-state index in [1.54, 1.807) is 18.3 Å². The Labute approximate surface area is 116 Å². The van der Waals surface area contributed by atoms with Gasteiger partial charge in [-0.3, -0.25) is 10.1 Å². The van der Waals surface area contributed by atoms with Crippen molar-refractivity contribution in [1.29, 1.82) is 0 Å². The molecule has 0 bridgehead atoms. The third-order valence-electron chi connectivity index (χ3n) is 2.28. The Hall–Kier alpha value is -2.02. The van der Waals surface area contributed by atoms with Gasteiger partial charge in [-0.15, -0.1) is 0 Å². The van der Waals surface area contributed by atoms with E-state index in [4.69, 9.17) is 4.74 Å². The van der Waals surface area contributed by atoms with Gasteiger partial charge in [-0.1, -0.05) is 22.0 Å². The van der Waals surface area contributed by atoms with Crippen LogP contribution in [0.5, 0.6) is 11.6 Å². The second-order valence-corrected chi connectivity index (χ2v) is 4.17. The minimum absolute atomic E-state index is 0.0505. The molecular formula is C12H8BrFN2O3. The minimum Gasteiger partial charge on any atom is -0.432 e. The van der Waals surface area contributed by atoms with Crippen molar-refractivity contribution in [2.45, 2.75) is 5.33 Å². The average molecular weight is 327 g/mol. The molecule has 0 saturated heterocycles. The van der Waals surface area contributed by atoms with Crippen molar-refractivity contribution in [2.24, 2.45) is 0 Å². The second kappa shape index (κ2) is 5.75. The molecule has 0 radical (unpaired) electrons. The van der Waals surface area contributed by atoms with Gasteiger partial charge in [0, 0.05) is 17.6 Å². The fourth-order valence-electron chi connectivity index (χ4n) is 1.38. The minimum atomic E-state index is -0.703. The van der Waals surface area contributed by atoms with Crippen molar-refractivity contribution in [3.63, 3.8) is 0 Å². The van der Waals surface area contributed by atoms with Gasteiger partial charge in [0.15, 0.2) is 0 Å². The van der Waals surface area contributed by atoms with E-state index in [0.29, 0.717) is 5.33 Å². The number of pyridine rings is 1. The van der Waals surface area contributed by atoms with E-state index in [1.165, 1.54) is 6.07 Å². The van der Waals surface area contributed by atoms with Gasteiger partial charge in [0.2, 0.25) is 11.6 Å². The van der Waals surface area contributed by atoms with Crippen LogP contribution in [0.4, 0.5) is 10.1 Å². The van der Waals surface area contributed by atoms with Crippen LogP contribution in [0.3, 0.4) is 0 Å². The van der Waals surface area contributed by atoms with E-state index in [0.717, 1.165) is 17.7 Å². The maximum Gasteiger partial charge on any atom is 0.314 e. The fraction of sp³-hybridized carbons (Fsp3) is 0.0833. The van der Waals surface area contributed by atoms with Gasteiger partial charge in [-0.25, -0.2) is 9.37 Å². The van der Waals surface area contributed by atoms with Gasteiger partial charge >= 0.3 is 5.69 Å². The Kier molecular flexibility index (Phi) is 4.06. The quantitative estimate of drug-likeness (QED) is 0.486. The third-order valence-corrected chi connectivity index (χ3v) is 2.93. The first kappa shape index (κ1) is 13.4. The highest BCUT2D eigenvalue weighted by Gasteiger charge is 2.17. The van der Waals surface area contributed by atoms with E-state index >= 15 is 0 Å². The van der Waals surface area contributed by atoms with E-state index in [2.05, 4.69) is 20.9 Å². The Morgan fingerprint density at radius 3 is 2.74 bits per heavy atom. The van der Waals surface area contributed by atoms with Crippen molar-refractivity contribution in [2.75, 3.05) is 0 Å². The Balaban J connectivity index is 2.29. The highest BCUT2D eigenvalue weighted by Crippen LogP contribution is 2.31. The number of benzene rings is 1. The van der Waals surface area contributed by atoms with Crippen LogP contribution in [0.15, 0.2) is 36.5 Å². The van der Waals surface area contributed by atoms with Crippen molar-refractivity contribution in [3.8, 4) is 11.6 Å². The van der Waals surface area contributed by atoms with Crippen LogP contribution in [-0.4, -0.2) is 9.91 Å². The number of hydrogen-bond acceptors (Lipinski definition) is 4. The topological polar surface area (TPSA) is 65.3 Å². The van der Waals surface area contributed by atoms with E-state index in [-0.39, 0.29) is 11.6 Å². The lowest BCUT2D eigenvalue weighted by Gasteiger charge is -2.05. The van der Waals surface area contributed by atoms with Gasteiger partial charge in [-0.2, -0.15) is 0 Å². The average Bonchev–Trinajstić information content (AvgIpc) is 2.41. The predicted octanol–water partition coefficient (Wildman–Crippen LogP) is 3.82. The first-order valence-corrected chi connectivity index (χ1v) is 6.35. The monoisotopic (exact) mass is 326 g/mol. The summed E-state index contributed by atoms with van der Waals surface area (Å²) in [5.41, 5.74) is 0.507. The predicted molar refractivity (Wildman–Crippen MR) is 70.0 cm³/mol. The molecule has 0 aliphatic carbocycles. The molecule has 0 unspecified atom stereocenters. The molecule has 0 saturated carbocycles. The number of nitro benzene ring substituents is 1. The summed E-state index contributed by atoms with van der Waals surface area (Å²) >= 11 is 3.28. The Morgan fingerprint density at radius 2 is 2.16 bits per heavy atom. The van der Waals surface area contributed by atoms with Crippen LogP contribution < -0.4 is 4.74 Å². The SMILES string of the molecule is O=[N+]([O-])c1cc(F)ccc1Oc1ccc(CBr)cn1. The Morgan fingerprint density at radius 1 is 1.37 bits per heavy atom. The van der Waals surface area contributed by atoms with Crippen LogP contribution in [0, 0.1) is 15.9 Å². The summed E-state index contributed by atoms with van der Waals surface area (Å²) in [4.78, 5) is 14.1. The van der Waals surface area contributed by atoms with Crippen LogP contribution in [0.1, 0.15) is 5.56 Å². The number of nitrogens with zero attached hydrogens (tertiary/aromatic N) is 2.